The van der Waals surface area contributed by atoms with Gasteiger partial charge in [-0.2, -0.15) is 0 Å². The summed E-state index contributed by atoms with van der Waals surface area (Å²) in [6, 6.07) is 5.24. The van der Waals surface area contributed by atoms with Crippen LogP contribution in [0.2, 0.25) is 0 Å². The molecule has 0 bridgehead atoms. The third-order valence-corrected chi connectivity index (χ3v) is 4.67. The van der Waals surface area contributed by atoms with E-state index in [1.165, 1.54) is 0 Å². The van der Waals surface area contributed by atoms with Crippen LogP contribution in [0.4, 0.5) is 0 Å². The zero-order valence-corrected chi connectivity index (χ0v) is 13.4. The van der Waals surface area contributed by atoms with Crippen LogP contribution in [0.3, 0.4) is 0 Å². The van der Waals surface area contributed by atoms with E-state index in [0.717, 1.165) is 29.3 Å². The minimum absolute atomic E-state index is 0.0582. The van der Waals surface area contributed by atoms with E-state index in [2.05, 4.69) is 21.2 Å². The molecular formula is C15H19BrN2O2. The molecular weight excluding hydrogens is 320 g/mol. The highest BCUT2D eigenvalue weighted by atomic mass is 79.9. The molecule has 0 spiro atoms. The number of likely N-dealkylation sites (tertiary alicyclic amines) is 1. The highest BCUT2D eigenvalue weighted by molar-refractivity contribution is 9.10. The Morgan fingerprint density at radius 2 is 2.10 bits per heavy atom. The van der Waals surface area contributed by atoms with Gasteiger partial charge in [-0.15, -0.1) is 0 Å². The Hall–Kier alpha value is -1.36. The lowest BCUT2D eigenvalue weighted by Crippen LogP contribution is -2.51. The number of piperidine rings is 1. The zero-order valence-electron chi connectivity index (χ0n) is 11.8. The van der Waals surface area contributed by atoms with E-state index in [4.69, 9.17) is 0 Å². The number of hydrogen-bond acceptors (Lipinski definition) is 2. The average Bonchev–Trinajstić information content (AvgIpc) is 2.48. The van der Waals surface area contributed by atoms with Gasteiger partial charge in [0.05, 0.1) is 0 Å². The lowest BCUT2D eigenvalue weighted by molar-refractivity contribution is -0.126. The van der Waals surface area contributed by atoms with Gasteiger partial charge in [-0.05, 0) is 43.9 Å². The second kappa shape index (κ2) is 6.39. The van der Waals surface area contributed by atoms with Gasteiger partial charge in [0.25, 0.3) is 5.91 Å². The van der Waals surface area contributed by atoms with Crippen LogP contribution in [0.25, 0.3) is 0 Å². The van der Waals surface area contributed by atoms with Gasteiger partial charge in [-0.25, -0.2) is 0 Å². The van der Waals surface area contributed by atoms with Crippen molar-refractivity contribution in [1.82, 2.24) is 10.2 Å². The van der Waals surface area contributed by atoms with Crippen molar-refractivity contribution >= 4 is 27.7 Å². The molecule has 4 nitrogen and oxygen atoms in total. The molecule has 5 heteroatoms. The summed E-state index contributed by atoms with van der Waals surface area (Å²) in [7, 11) is 1.62. The fourth-order valence-corrected chi connectivity index (χ4v) is 2.97. The maximum absolute atomic E-state index is 12.7. The summed E-state index contributed by atoms with van der Waals surface area (Å²) in [5.74, 6) is -0.136. The molecule has 1 atom stereocenters. The fourth-order valence-electron chi connectivity index (χ4n) is 2.61. The van der Waals surface area contributed by atoms with Gasteiger partial charge < -0.3 is 10.2 Å². The summed E-state index contributed by atoms with van der Waals surface area (Å²) >= 11 is 3.45. The predicted octanol–water partition coefficient (Wildman–Crippen LogP) is 2.50. The fraction of sp³-hybridized carbons (Fsp3) is 0.467. The number of amides is 2. The molecule has 1 unspecified atom stereocenters. The molecule has 2 rings (SSSR count). The highest BCUT2D eigenvalue weighted by Crippen LogP contribution is 2.24. The summed E-state index contributed by atoms with van der Waals surface area (Å²) in [6.45, 7) is 2.55. The smallest absolute Gasteiger partial charge is 0.254 e. The number of likely N-dealkylation sites (N-methyl/N-ethyl adjacent to an activating group) is 1. The molecule has 1 aliphatic rings. The van der Waals surface area contributed by atoms with Crippen molar-refractivity contribution < 1.29 is 9.59 Å². The van der Waals surface area contributed by atoms with Crippen LogP contribution < -0.4 is 5.32 Å². The summed E-state index contributed by atoms with van der Waals surface area (Å²) in [6.07, 6.45) is 2.67. The van der Waals surface area contributed by atoms with E-state index in [1.54, 1.807) is 11.9 Å². The first-order valence-electron chi connectivity index (χ1n) is 6.84. The van der Waals surface area contributed by atoms with Gasteiger partial charge in [0.1, 0.15) is 6.04 Å². The van der Waals surface area contributed by atoms with Crippen LogP contribution >= 0.6 is 15.9 Å². The predicted molar refractivity (Wildman–Crippen MR) is 81.6 cm³/mol. The highest BCUT2D eigenvalue weighted by Gasteiger charge is 2.32. The maximum atomic E-state index is 12.7. The number of nitrogens with one attached hydrogen (secondary N) is 1. The lowest BCUT2D eigenvalue weighted by atomic mass is 9.99. The second-order valence-electron chi connectivity index (χ2n) is 5.04. The lowest BCUT2D eigenvalue weighted by Gasteiger charge is -2.34. The maximum Gasteiger partial charge on any atom is 0.254 e. The zero-order chi connectivity index (χ0) is 14.7. The van der Waals surface area contributed by atoms with Crippen molar-refractivity contribution in [3.05, 3.63) is 33.8 Å². The van der Waals surface area contributed by atoms with E-state index in [0.29, 0.717) is 12.1 Å². The Morgan fingerprint density at radius 3 is 2.80 bits per heavy atom. The van der Waals surface area contributed by atoms with Crippen molar-refractivity contribution in [2.75, 3.05) is 13.6 Å². The SMILES string of the molecule is CNC(=O)C1CCCCN1C(=O)c1cccc(Br)c1C. The van der Waals surface area contributed by atoms with Crippen molar-refractivity contribution in [2.24, 2.45) is 0 Å². The molecule has 1 heterocycles. The van der Waals surface area contributed by atoms with Crippen LogP contribution in [0.15, 0.2) is 22.7 Å². The minimum Gasteiger partial charge on any atom is -0.357 e. The molecule has 1 aliphatic heterocycles. The largest absolute Gasteiger partial charge is 0.357 e. The summed E-state index contributed by atoms with van der Waals surface area (Å²) in [4.78, 5) is 26.4. The number of carbonyl (C=O) groups is 2. The molecule has 2 amide bonds. The number of nitrogens with zero attached hydrogens (tertiary/aromatic N) is 1. The third kappa shape index (κ3) is 2.87. The third-order valence-electron chi connectivity index (χ3n) is 3.81. The summed E-state index contributed by atoms with van der Waals surface area (Å²) in [5, 5.41) is 2.65. The monoisotopic (exact) mass is 338 g/mol. The topological polar surface area (TPSA) is 49.4 Å². The van der Waals surface area contributed by atoms with Crippen LogP contribution in [-0.2, 0) is 4.79 Å². The van der Waals surface area contributed by atoms with Crippen LogP contribution in [0.5, 0.6) is 0 Å². The van der Waals surface area contributed by atoms with Crippen molar-refractivity contribution in [3.63, 3.8) is 0 Å². The van der Waals surface area contributed by atoms with E-state index >= 15 is 0 Å². The Kier molecular flexibility index (Phi) is 4.81. The van der Waals surface area contributed by atoms with Gasteiger partial charge in [0.15, 0.2) is 0 Å². The molecule has 1 saturated heterocycles. The van der Waals surface area contributed by atoms with Crippen molar-refractivity contribution in [2.45, 2.75) is 32.2 Å². The van der Waals surface area contributed by atoms with Gasteiger partial charge in [0, 0.05) is 23.6 Å². The summed E-state index contributed by atoms with van der Waals surface area (Å²) in [5.41, 5.74) is 1.58. The minimum atomic E-state index is -0.348. The number of carbonyl (C=O) groups excluding carboxylic acids is 2. The normalized spacial score (nSPS) is 18.8. The molecule has 0 aliphatic carbocycles. The molecule has 1 fully saturated rings. The Morgan fingerprint density at radius 1 is 1.35 bits per heavy atom. The molecule has 1 aromatic rings. The first-order chi connectivity index (χ1) is 9.56. The van der Waals surface area contributed by atoms with Gasteiger partial charge in [-0.1, -0.05) is 22.0 Å². The average molecular weight is 339 g/mol. The van der Waals surface area contributed by atoms with E-state index in [9.17, 15) is 9.59 Å². The van der Waals surface area contributed by atoms with Crippen LogP contribution in [0, 0.1) is 6.92 Å². The molecule has 20 heavy (non-hydrogen) atoms. The van der Waals surface area contributed by atoms with E-state index in [1.807, 2.05) is 25.1 Å². The first-order valence-corrected chi connectivity index (χ1v) is 7.63. The molecule has 1 N–H and O–H groups in total. The molecule has 0 aromatic heterocycles. The van der Waals surface area contributed by atoms with Gasteiger partial charge in [0.2, 0.25) is 5.91 Å². The summed E-state index contributed by atoms with van der Waals surface area (Å²) < 4.78 is 0.914. The number of hydrogen-bond donors (Lipinski definition) is 1. The van der Waals surface area contributed by atoms with Crippen LogP contribution in [0.1, 0.15) is 35.2 Å². The molecule has 108 valence electrons. The Bertz CT molecular complexity index is 531. The van der Waals surface area contributed by atoms with Crippen molar-refractivity contribution in [3.8, 4) is 0 Å². The molecule has 0 radical (unpaired) electrons. The van der Waals surface area contributed by atoms with Gasteiger partial charge in [-0.3, -0.25) is 9.59 Å². The Balaban J connectivity index is 2.30. The quantitative estimate of drug-likeness (QED) is 0.900. The molecule has 0 saturated carbocycles. The number of rotatable bonds is 2. The number of halogens is 1. The molecule has 1 aromatic carbocycles. The second-order valence-corrected chi connectivity index (χ2v) is 5.89. The first kappa shape index (κ1) is 15.0. The van der Waals surface area contributed by atoms with Crippen molar-refractivity contribution in [1.29, 1.82) is 0 Å². The number of benzene rings is 1. The van der Waals surface area contributed by atoms with E-state index < -0.39 is 0 Å². The van der Waals surface area contributed by atoms with Gasteiger partial charge >= 0.3 is 0 Å². The standard InChI is InChI=1S/C15H19BrN2O2/c1-10-11(6-5-7-12(10)16)15(20)18-9-4-3-8-13(18)14(19)17-2/h5-7,13H,3-4,8-9H2,1-2H3,(H,17,19). The van der Waals surface area contributed by atoms with Crippen LogP contribution in [-0.4, -0.2) is 36.3 Å². The van der Waals surface area contributed by atoms with E-state index in [-0.39, 0.29) is 17.9 Å². The Labute approximate surface area is 127 Å².